The van der Waals surface area contributed by atoms with E-state index in [1.807, 2.05) is 0 Å². The van der Waals surface area contributed by atoms with Gasteiger partial charge >= 0.3 is 0 Å². The van der Waals surface area contributed by atoms with Crippen LogP contribution in [0.1, 0.15) is 28.2 Å². The number of nitrogens with two attached hydrogens (primary N) is 1. The van der Waals surface area contributed by atoms with Crippen molar-refractivity contribution < 1.29 is 0 Å². The first-order chi connectivity index (χ1) is 11.1. The van der Waals surface area contributed by atoms with Gasteiger partial charge in [0.25, 0.3) is 0 Å². The Morgan fingerprint density at radius 2 is 1.91 bits per heavy atom. The molecule has 0 amide bonds. The zero-order valence-electron chi connectivity index (χ0n) is 13.7. The number of guanidine groups is 1. The fraction of sp³-hybridized carbons (Fsp3) is 0.350. The van der Waals surface area contributed by atoms with Gasteiger partial charge in [0.15, 0.2) is 5.96 Å². The van der Waals surface area contributed by atoms with Gasteiger partial charge in [0.2, 0.25) is 0 Å². The Labute approximate surface area is 137 Å². The number of nitrogens with one attached hydrogen (secondary N) is 1. The van der Waals surface area contributed by atoms with Crippen LogP contribution >= 0.6 is 0 Å². The van der Waals surface area contributed by atoms with Gasteiger partial charge in [-0.25, -0.2) is 0 Å². The lowest BCUT2D eigenvalue weighted by molar-refractivity contribution is 0.701. The van der Waals surface area contributed by atoms with Crippen LogP contribution < -0.4 is 11.1 Å². The van der Waals surface area contributed by atoms with Gasteiger partial charge in [-0.2, -0.15) is 0 Å². The molecular weight excluding hydrogens is 282 g/mol. The topological polar surface area (TPSA) is 50.4 Å². The first-order valence-electron chi connectivity index (χ1n) is 8.35. The van der Waals surface area contributed by atoms with Crippen LogP contribution in [0.25, 0.3) is 0 Å². The number of aliphatic imine (C=N–C) groups is 1. The summed E-state index contributed by atoms with van der Waals surface area (Å²) in [4.78, 5) is 4.58. The van der Waals surface area contributed by atoms with Crippen LogP contribution in [-0.4, -0.2) is 12.5 Å². The van der Waals surface area contributed by atoms with Crippen molar-refractivity contribution in [2.75, 3.05) is 11.9 Å². The second-order valence-corrected chi connectivity index (χ2v) is 6.98. The fourth-order valence-electron chi connectivity index (χ4n) is 4.17. The monoisotopic (exact) mass is 305 g/mol. The lowest BCUT2D eigenvalue weighted by Crippen LogP contribution is -2.23. The second kappa shape index (κ2) is 5.41. The van der Waals surface area contributed by atoms with Crippen molar-refractivity contribution >= 4 is 11.6 Å². The highest BCUT2D eigenvalue weighted by atomic mass is 15.1. The van der Waals surface area contributed by atoms with Gasteiger partial charge < -0.3 is 11.1 Å². The smallest absolute Gasteiger partial charge is 0.193 e. The molecule has 0 aromatic heterocycles. The Morgan fingerprint density at radius 1 is 1.17 bits per heavy atom. The Morgan fingerprint density at radius 3 is 2.70 bits per heavy atom. The standard InChI is InChI=1S/C20H23N3/c1-12-7-13(2)9-15(8-12)23-20(21)22-11-18-17-10-14-5-3-4-6-16(14)19(17)18/h3-9,17-19H,10-11H2,1-2H3,(H3,21,22,23). The molecule has 2 aromatic carbocycles. The van der Waals surface area contributed by atoms with E-state index in [2.05, 4.69) is 66.6 Å². The lowest BCUT2D eigenvalue weighted by atomic mass is 10.0. The predicted octanol–water partition coefficient (Wildman–Crippen LogP) is 3.62. The van der Waals surface area contributed by atoms with Gasteiger partial charge in [-0.1, -0.05) is 30.3 Å². The number of rotatable bonds is 3. The van der Waals surface area contributed by atoms with E-state index >= 15 is 0 Å². The molecule has 0 heterocycles. The van der Waals surface area contributed by atoms with E-state index in [0.29, 0.717) is 17.8 Å². The molecule has 2 aliphatic rings. The fourth-order valence-corrected chi connectivity index (χ4v) is 4.17. The summed E-state index contributed by atoms with van der Waals surface area (Å²) in [5.74, 6) is 2.69. The highest BCUT2D eigenvalue weighted by molar-refractivity contribution is 5.92. The number of hydrogen-bond acceptors (Lipinski definition) is 1. The van der Waals surface area contributed by atoms with Crippen LogP contribution in [-0.2, 0) is 6.42 Å². The zero-order chi connectivity index (χ0) is 16.0. The third-order valence-corrected chi connectivity index (χ3v) is 5.17. The molecule has 0 aliphatic heterocycles. The molecular formula is C20H23N3. The molecule has 3 atom stereocenters. The van der Waals surface area contributed by atoms with Gasteiger partial charge in [0.05, 0.1) is 0 Å². The Balaban J connectivity index is 1.39. The third kappa shape index (κ3) is 2.72. The SMILES string of the molecule is Cc1cc(C)cc(NC(N)=NCC2C3Cc4ccccc4C23)c1. The zero-order valence-corrected chi connectivity index (χ0v) is 13.7. The van der Waals surface area contributed by atoms with Crippen LogP contribution in [0, 0.1) is 25.7 Å². The number of aryl methyl sites for hydroxylation is 2. The molecule has 3 N–H and O–H groups in total. The van der Waals surface area contributed by atoms with E-state index in [1.54, 1.807) is 5.56 Å². The van der Waals surface area contributed by atoms with Crippen molar-refractivity contribution in [3.05, 3.63) is 64.7 Å². The minimum Gasteiger partial charge on any atom is -0.370 e. The predicted molar refractivity (Wildman–Crippen MR) is 95.9 cm³/mol. The number of anilines is 1. The van der Waals surface area contributed by atoms with Crippen LogP contribution in [0.4, 0.5) is 5.69 Å². The molecule has 0 bridgehead atoms. The summed E-state index contributed by atoms with van der Waals surface area (Å²) in [5.41, 5.74) is 12.6. The molecule has 0 saturated heterocycles. The summed E-state index contributed by atoms with van der Waals surface area (Å²) in [6.45, 7) is 5.01. The molecule has 3 nitrogen and oxygen atoms in total. The number of nitrogens with zero attached hydrogens (tertiary/aromatic N) is 1. The largest absolute Gasteiger partial charge is 0.370 e. The second-order valence-electron chi connectivity index (χ2n) is 6.98. The lowest BCUT2D eigenvalue weighted by Gasteiger charge is -2.09. The molecule has 3 unspecified atom stereocenters. The first kappa shape index (κ1) is 14.3. The van der Waals surface area contributed by atoms with Gasteiger partial charge in [0.1, 0.15) is 0 Å². The molecule has 1 saturated carbocycles. The average molecular weight is 305 g/mol. The van der Waals surface area contributed by atoms with Crippen LogP contribution in [0.3, 0.4) is 0 Å². The van der Waals surface area contributed by atoms with E-state index in [4.69, 9.17) is 5.73 Å². The van der Waals surface area contributed by atoms with Crippen molar-refractivity contribution in [3.8, 4) is 0 Å². The van der Waals surface area contributed by atoms with Crippen molar-refractivity contribution in [2.45, 2.75) is 26.2 Å². The number of hydrogen-bond donors (Lipinski definition) is 2. The summed E-state index contributed by atoms with van der Waals surface area (Å²) in [5, 5.41) is 3.22. The minimum atomic E-state index is 0.522. The molecule has 3 heteroatoms. The van der Waals surface area contributed by atoms with Crippen molar-refractivity contribution in [2.24, 2.45) is 22.6 Å². The molecule has 0 spiro atoms. The maximum absolute atomic E-state index is 6.07. The van der Waals surface area contributed by atoms with E-state index in [1.165, 1.54) is 23.1 Å². The number of benzene rings is 2. The van der Waals surface area contributed by atoms with E-state index in [9.17, 15) is 0 Å². The molecule has 2 aromatic rings. The van der Waals surface area contributed by atoms with E-state index < -0.39 is 0 Å². The molecule has 23 heavy (non-hydrogen) atoms. The van der Waals surface area contributed by atoms with E-state index in [0.717, 1.165) is 18.2 Å². The Hall–Kier alpha value is -2.29. The van der Waals surface area contributed by atoms with Gasteiger partial charge in [-0.15, -0.1) is 0 Å². The molecule has 0 radical (unpaired) electrons. The van der Waals surface area contributed by atoms with Crippen molar-refractivity contribution in [3.63, 3.8) is 0 Å². The highest BCUT2D eigenvalue weighted by Gasteiger charge is 2.54. The highest BCUT2D eigenvalue weighted by Crippen LogP contribution is 2.61. The van der Waals surface area contributed by atoms with Crippen LogP contribution in [0.15, 0.2) is 47.5 Å². The van der Waals surface area contributed by atoms with Crippen LogP contribution in [0.2, 0.25) is 0 Å². The number of fused-ring (bicyclic) bond motifs is 3. The average Bonchev–Trinajstić information content (AvgIpc) is 3.03. The Kier molecular flexibility index (Phi) is 3.37. The molecule has 1 fully saturated rings. The van der Waals surface area contributed by atoms with Gasteiger partial charge in [-0.3, -0.25) is 4.99 Å². The van der Waals surface area contributed by atoms with Crippen molar-refractivity contribution in [1.29, 1.82) is 0 Å². The summed E-state index contributed by atoms with van der Waals surface area (Å²) in [6.07, 6.45) is 1.21. The van der Waals surface area contributed by atoms with Gasteiger partial charge in [0, 0.05) is 12.2 Å². The molecule has 2 aliphatic carbocycles. The van der Waals surface area contributed by atoms with Crippen molar-refractivity contribution in [1.82, 2.24) is 0 Å². The third-order valence-electron chi connectivity index (χ3n) is 5.17. The quantitative estimate of drug-likeness (QED) is 0.672. The maximum atomic E-state index is 6.07. The normalized spacial score (nSPS) is 25.0. The van der Waals surface area contributed by atoms with Crippen LogP contribution in [0.5, 0.6) is 0 Å². The van der Waals surface area contributed by atoms with E-state index in [-0.39, 0.29) is 0 Å². The van der Waals surface area contributed by atoms with Gasteiger partial charge in [-0.05, 0) is 72.4 Å². The summed E-state index contributed by atoms with van der Waals surface area (Å²) in [6, 6.07) is 15.2. The Bertz CT molecular complexity index is 758. The summed E-state index contributed by atoms with van der Waals surface area (Å²) >= 11 is 0. The molecule has 4 rings (SSSR count). The minimum absolute atomic E-state index is 0.522. The summed E-state index contributed by atoms with van der Waals surface area (Å²) < 4.78 is 0. The summed E-state index contributed by atoms with van der Waals surface area (Å²) in [7, 11) is 0. The molecule has 118 valence electrons. The maximum Gasteiger partial charge on any atom is 0.193 e. The first-order valence-corrected chi connectivity index (χ1v) is 8.35.